The number of aromatic hydroxyl groups is 1. The van der Waals surface area contributed by atoms with Gasteiger partial charge in [0.2, 0.25) is 5.69 Å². The van der Waals surface area contributed by atoms with Gasteiger partial charge in [0.1, 0.15) is 5.75 Å². The summed E-state index contributed by atoms with van der Waals surface area (Å²) in [5.74, 6) is 0.125. The first kappa shape index (κ1) is 11.5. The normalized spacial score (nSPS) is 11.5. The number of rotatable bonds is 2. The average Bonchev–Trinajstić information content (AvgIpc) is 2.33. The third kappa shape index (κ3) is 2.77. The lowest BCUT2D eigenvalue weighted by Crippen LogP contribution is -1.98. The second-order valence-corrected chi connectivity index (χ2v) is 3.90. The number of hydrogen-bond acceptors (Lipinski definition) is 2. The zero-order chi connectivity index (χ0) is 12.3. The highest BCUT2D eigenvalue weighted by atomic mass is 35.5. The van der Waals surface area contributed by atoms with E-state index >= 15 is 0 Å². The number of benzene rings is 2. The zero-order valence-electron chi connectivity index (χ0n) is 8.88. The molecule has 0 unspecified atom stereocenters. The fourth-order valence-electron chi connectivity index (χ4n) is 1.38. The van der Waals surface area contributed by atoms with Gasteiger partial charge in [-0.1, -0.05) is 23.7 Å². The van der Waals surface area contributed by atoms with Crippen LogP contribution in [0.5, 0.6) is 5.75 Å². The van der Waals surface area contributed by atoms with E-state index in [0.29, 0.717) is 21.0 Å². The van der Waals surface area contributed by atoms with Crippen LogP contribution in [0.4, 0.5) is 5.69 Å². The predicted molar refractivity (Wildman–Crippen MR) is 68.0 cm³/mol. The lowest BCUT2D eigenvalue weighted by Gasteiger charge is -2.03. The van der Waals surface area contributed by atoms with Gasteiger partial charge in [-0.3, -0.25) is 0 Å². The van der Waals surface area contributed by atoms with Crippen LogP contribution in [-0.4, -0.2) is 16.1 Å². The zero-order valence-corrected chi connectivity index (χ0v) is 9.63. The third-order valence-electron chi connectivity index (χ3n) is 2.27. The molecule has 1 N–H and O–H groups in total. The minimum absolute atomic E-state index is 0.125. The van der Waals surface area contributed by atoms with Gasteiger partial charge in [0, 0.05) is 12.1 Å². The van der Waals surface area contributed by atoms with E-state index in [0.717, 1.165) is 0 Å². The first-order chi connectivity index (χ1) is 8.16. The molecule has 17 heavy (non-hydrogen) atoms. The molecule has 0 aliphatic carbocycles. The predicted octanol–water partition coefficient (Wildman–Crippen LogP) is 3.31. The van der Waals surface area contributed by atoms with Crippen molar-refractivity contribution in [3.63, 3.8) is 0 Å². The van der Waals surface area contributed by atoms with Crippen molar-refractivity contribution in [2.45, 2.75) is 0 Å². The summed E-state index contributed by atoms with van der Waals surface area (Å²) in [5, 5.41) is 21.4. The van der Waals surface area contributed by atoms with Crippen LogP contribution in [0.2, 0.25) is 5.02 Å². The number of phenols is 1. The molecule has 0 atom stereocenters. The number of nitrogens with zero attached hydrogens (tertiary/aromatic N) is 1. The van der Waals surface area contributed by atoms with E-state index in [4.69, 9.17) is 16.7 Å². The van der Waals surface area contributed by atoms with Crippen LogP contribution < -0.4 is 0 Å². The first-order valence-electron chi connectivity index (χ1n) is 5.01. The fraction of sp³-hybridized carbons (Fsp3) is 0. The molecule has 2 aromatic rings. The van der Waals surface area contributed by atoms with Gasteiger partial charge in [-0.2, -0.15) is 4.74 Å². The standard InChI is InChI=1S/C13H10ClNO2/c14-13-4-2-1-3-10(13)9-15(17)11-5-7-12(16)8-6-11/h1-9,16H. The monoisotopic (exact) mass is 247 g/mol. The molecule has 2 rings (SSSR count). The van der Waals surface area contributed by atoms with Crippen LogP contribution in [0.1, 0.15) is 5.56 Å². The molecule has 4 heteroatoms. The van der Waals surface area contributed by atoms with Gasteiger partial charge in [-0.15, -0.1) is 0 Å². The van der Waals surface area contributed by atoms with E-state index in [-0.39, 0.29) is 5.75 Å². The van der Waals surface area contributed by atoms with Crippen LogP contribution in [0.25, 0.3) is 0 Å². The third-order valence-corrected chi connectivity index (χ3v) is 2.61. The van der Waals surface area contributed by atoms with E-state index in [1.807, 2.05) is 6.07 Å². The van der Waals surface area contributed by atoms with Crippen molar-refractivity contribution in [2.24, 2.45) is 0 Å². The van der Waals surface area contributed by atoms with Gasteiger partial charge in [0.15, 0.2) is 6.21 Å². The van der Waals surface area contributed by atoms with Crippen LogP contribution in [0, 0.1) is 5.21 Å². The molecule has 2 aromatic carbocycles. The summed E-state index contributed by atoms with van der Waals surface area (Å²) in [7, 11) is 0. The minimum atomic E-state index is 0.125. The van der Waals surface area contributed by atoms with Crippen molar-refractivity contribution >= 4 is 23.5 Å². The van der Waals surface area contributed by atoms with E-state index in [2.05, 4.69) is 0 Å². The van der Waals surface area contributed by atoms with Crippen LogP contribution in [0.15, 0.2) is 48.5 Å². The van der Waals surface area contributed by atoms with Crippen molar-refractivity contribution in [3.05, 3.63) is 64.3 Å². The number of hydrogen-bond donors (Lipinski definition) is 1. The van der Waals surface area contributed by atoms with Crippen molar-refractivity contribution in [2.75, 3.05) is 0 Å². The molecule has 0 bridgehead atoms. The summed E-state index contributed by atoms with van der Waals surface area (Å²) in [5.41, 5.74) is 1.08. The Morgan fingerprint density at radius 1 is 1.06 bits per heavy atom. The highest BCUT2D eigenvalue weighted by Crippen LogP contribution is 2.17. The second-order valence-electron chi connectivity index (χ2n) is 3.49. The van der Waals surface area contributed by atoms with Crippen molar-refractivity contribution < 1.29 is 9.85 Å². The topological polar surface area (TPSA) is 46.3 Å². The SMILES string of the molecule is [O-][N+](=Cc1ccccc1Cl)c1ccc(O)cc1. The first-order valence-corrected chi connectivity index (χ1v) is 5.39. The van der Waals surface area contributed by atoms with E-state index in [1.54, 1.807) is 18.2 Å². The molecule has 0 amide bonds. The largest absolute Gasteiger partial charge is 0.618 e. The van der Waals surface area contributed by atoms with E-state index < -0.39 is 0 Å². The molecule has 86 valence electrons. The van der Waals surface area contributed by atoms with Crippen LogP contribution >= 0.6 is 11.6 Å². The maximum atomic E-state index is 11.8. The summed E-state index contributed by atoms with van der Waals surface area (Å²) in [4.78, 5) is 0. The Hall–Kier alpha value is -2.00. The van der Waals surface area contributed by atoms with Gasteiger partial charge in [-0.05, 0) is 24.3 Å². The molecule has 0 aliphatic rings. The van der Waals surface area contributed by atoms with Gasteiger partial charge >= 0.3 is 0 Å². The maximum absolute atomic E-state index is 11.8. The lowest BCUT2D eigenvalue weighted by atomic mass is 10.2. The van der Waals surface area contributed by atoms with E-state index in [1.165, 1.54) is 30.5 Å². The van der Waals surface area contributed by atoms with Crippen molar-refractivity contribution in [1.82, 2.24) is 0 Å². The molecule has 0 saturated heterocycles. The summed E-state index contributed by atoms with van der Waals surface area (Å²) in [6, 6.07) is 13.1. The van der Waals surface area contributed by atoms with Gasteiger partial charge < -0.3 is 10.3 Å². The van der Waals surface area contributed by atoms with Crippen LogP contribution in [-0.2, 0) is 0 Å². The number of halogens is 1. The molecule has 0 aromatic heterocycles. The Labute approximate surface area is 104 Å². The molecule has 0 spiro atoms. The summed E-state index contributed by atoms with van der Waals surface area (Å²) in [6.45, 7) is 0. The smallest absolute Gasteiger partial charge is 0.216 e. The molecule has 0 heterocycles. The van der Waals surface area contributed by atoms with Gasteiger partial charge in [-0.25, -0.2) is 0 Å². The van der Waals surface area contributed by atoms with Gasteiger partial charge in [0.05, 0.1) is 10.6 Å². The van der Waals surface area contributed by atoms with Crippen LogP contribution in [0.3, 0.4) is 0 Å². The quantitative estimate of drug-likeness (QED) is 0.383. The number of phenolic OH excluding ortho intramolecular Hbond substituents is 1. The highest BCUT2D eigenvalue weighted by molar-refractivity contribution is 6.32. The molecular formula is C13H10ClNO2. The van der Waals surface area contributed by atoms with Gasteiger partial charge in [0.25, 0.3) is 0 Å². The molecule has 0 aliphatic heterocycles. The molecule has 0 saturated carbocycles. The Bertz CT molecular complexity index is 550. The Morgan fingerprint density at radius 2 is 1.71 bits per heavy atom. The van der Waals surface area contributed by atoms with Crippen molar-refractivity contribution in [1.29, 1.82) is 0 Å². The average molecular weight is 248 g/mol. The van der Waals surface area contributed by atoms with Crippen molar-refractivity contribution in [3.8, 4) is 5.75 Å². The fourth-order valence-corrected chi connectivity index (χ4v) is 1.56. The second kappa shape index (κ2) is 4.89. The summed E-state index contributed by atoms with van der Waals surface area (Å²) in [6.07, 6.45) is 1.40. The Kier molecular flexibility index (Phi) is 3.30. The maximum Gasteiger partial charge on any atom is 0.216 e. The summed E-state index contributed by atoms with van der Waals surface area (Å²) >= 11 is 5.94. The lowest BCUT2D eigenvalue weighted by molar-refractivity contribution is -0.354. The highest BCUT2D eigenvalue weighted by Gasteiger charge is 2.04. The van der Waals surface area contributed by atoms with E-state index in [9.17, 15) is 5.21 Å². The molecule has 3 nitrogen and oxygen atoms in total. The minimum Gasteiger partial charge on any atom is -0.618 e. The molecule has 0 fully saturated rings. The molecule has 0 radical (unpaired) electrons. The Morgan fingerprint density at radius 3 is 2.35 bits per heavy atom. The summed E-state index contributed by atoms with van der Waals surface area (Å²) < 4.78 is 0.709. The molecular weight excluding hydrogens is 238 g/mol. The Balaban J connectivity index is 2.34.